The second-order valence-electron chi connectivity index (χ2n) is 4.86. The monoisotopic (exact) mass is 331 g/mol. The van der Waals surface area contributed by atoms with Crippen molar-refractivity contribution in [2.75, 3.05) is 17.4 Å². The fourth-order valence-corrected chi connectivity index (χ4v) is 4.75. The zero-order valence-corrected chi connectivity index (χ0v) is 14.1. The Morgan fingerprint density at radius 1 is 0.955 bits per heavy atom. The van der Waals surface area contributed by atoms with Crippen LogP contribution in [0.4, 0.5) is 5.69 Å². The van der Waals surface area contributed by atoms with Crippen LogP contribution in [0.25, 0.3) is 0 Å². The lowest BCUT2D eigenvalue weighted by Gasteiger charge is -2.54. The SMILES string of the molecule is CSC1(SC)[C@H](Oc2ccccc2)C(=O)N1c1ccccc1. The molecule has 0 radical (unpaired) electrons. The highest BCUT2D eigenvalue weighted by Crippen LogP contribution is 2.52. The zero-order valence-electron chi connectivity index (χ0n) is 12.4. The molecular formula is C17H17NO2S2. The normalized spacial score (nSPS) is 19.6. The molecule has 1 saturated heterocycles. The fourth-order valence-electron chi connectivity index (χ4n) is 2.60. The van der Waals surface area contributed by atoms with Gasteiger partial charge in [0.15, 0.2) is 4.20 Å². The van der Waals surface area contributed by atoms with Crippen molar-refractivity contribution < 1.29 is 9.53 Å². The van der Waals surface area contributed by atoms with E-state index in [0.29, 0.717) is 0 Å². The van der Waals surface area contributed by atoms with E-state index in [1.807, 2.05) is 78.1 Å². The molecule has 22 heavy (non-hydrogen) atoms. The Morgan fingerprint density at radius 3 is 2.05 bits per heavy atom. The minimum absolute atomic E-state index is 0.00115. The lowest BCUT2D eigenvalue weighted by molar-refractivity contribution is -0.133. The van der Waals surface area contributed by atoms with Gasteiger partial charge < -0.3 is 4.74 Å². The van der Waals surface area contributed by atoms with Gasteiger partial charge in [-0.2, -0.15) is 0 Å². The maximum Gasteiger partial charge on any atom is 0.274 e. The summed E-state index contributed by atoms with van der Waals surface area (Å²) in [4.78, 5) is 14.5. The highest BCUT2D eigenvalue weighted by atomic mass is 32.2. The van der Waals surface area contributed by atoms with Crippen molar-refractivity contribution >= 4 is 35.1 Å². The number of carbonyl (C=O) groups excluding carboxylic acids is 1. The van der Waals surface area contributed by atoms with E-state index in [2.05, 4.69) is 0 Å². The molecule has 5 heteroatoms. The summed E-state index contributed by atoms with van der Waals surface area (Å²) < 4.78 is 5.54. The molecule has 1 heterocycles. The molecule has 1 amide bonds. The van der Waals surface area contributed by atoms with Crippen LogP contribution in [0.3, 0.4) is 0 Å². The third kappa shape index (κ3) is 2.38. The number of hydrogen-bond donors (Lipinski definition) is 0. The summed E-state index contributed by atoms with van der Waals surface area (Å²) in [7, 11) is 0. The Hall–Kier alpha value is -1.59. The average molecular weight is 331 g/mol. The number of anilines is 1. The standard InChI is InChI=1S/C17H17NO2S2/c1-21-17(22-2)15(20-14-11-7-4-8-12-14)16(19)18(17)13-9-5-3-6-10-13/h3-12,15H,1-2H3/t15-/m1/s1. The number of β-lactam (4-membered cyclic amide) rings is 1. The number of hydrogen-bond acceptors (Lipinski definition) is 4. The van der Waals surface area contributed by atoms with Gasteiger partial charge in [-0.15, -0.1) is 23.5 Å². The Kier molecular flexibility index (Phi) is 4.36. The van der Waals surface area contributed by atoms with Crippen LogP contribution in [-0.4, -0.2) is 28.7 Å². The quantitative estimate of drug-likeness (QED) is 0.615. The van der Waals surface area contributed by atoms with Crippen LogP contribution < -0.4 is 9.64 Å². The summed E-state index contributed by atoms with van der Waals surface area (Å²) in [6, 6.07) is 19.3. The van der Waals surface area contributed by atoms with Crippen molar-refractivity contribution in [1.82, 2.24) is 0 Å². The van der Waals surface area contributed by atoms with Crippen molar-refractivity contribution in [3.63, 3.8) is 0 Å². The van der Waals surface area contributed by atoms with Crippen molar-refractivity contribution in [2.45, 2.75) is 10.3 Å². The number of para-hydroxylation sites is 2. The second kappa shape index (κ2) is 6.26. The predicted molar refractivity (Wildman–Crippen MR) is 94.5 cm³/mol. The minimum atomic E-state index is -0.486. The third-order valence-electron chi connectivity index (χ3n) is 3.68. The average Bonchev–Trinajstić information content (AvgIpc) is 2.59. The number of carbonyl (C=O) groups is 1. The molecule has 3 nitrogen and oxygen atoms in total. The van der Waals surface area contributed by atoms with Gasteiger partial charge in [-0.1, -0.05) is 36.4 Å². The first-order valence-electron chi connectivity index (χ1n) is 6.94. The summed E-state index contributed by atoms with van der Waals surface area (Å²) in [6.45, 7) is 0. The molecule has 0 aliphatic carbocycles. The van der Waals surface area contributed by atoms with Gasteiger partial charge in [-0.25, -0.2) is 0 Å². The van der Waals surface area contributed by atoms with Crippen molar-refractivity contribution in [1.29, 1.82) is 0 Å². The molecule has 0 bridgehead atoms. The topological polar surface area (TPSA) is 29.5 Å². The summed E-state index contributed by atoms with van der Waals surface area (Å²) in [5.74, 6) is 0.722. The highest BCUT2D eigenvalue weighted by molar-refractivity contribution is 8.18. The van der Waals surface area contributed by atoms with E-state index in [9.17, 15) is 4.79 Å². The summed E-state index contributed by atoms with van der Waals surface area (Å²) in [6.07, 6.45) is 3.54. The number of ether oxygens (including phenoxy) is 1. The lowest BCUT2D eigenvalue weighted by atomic mass is 10.1. The first-order chi connectivity index (χ1) is 10.7. The molecule has 2 aromatic rings. The molecule has 3 rings (SSSR count). The largest absolute Gasteiger partial charge is 0.476 e. The molecule has 2 aromatic carbocycles. The van der Waals surface area contributed by atoms with Gasteiger partial charge >= 0.3 is 0 Å². The number of benzene rings is 2. The van der Waals surface area contributed by atoms with Gasteiger partial charge in [0.25, 0.3) is 5.91 Å². The number of rotatable bonds is 5. The van der Waals surface area contributed by atoms with Crippen LogP contribution in [0.15, 0.2) is 60.7 Å². The van der Waals surface area contributed by atoms with Gasteiger partial charge in [-0.3, -0.25) is 9.69 Å². The Bertz CT molecular complexity index is 644. The van der Waals surface area contributed by atoms with E-state index in [4.69, 9.17) is 4.74 Å². The van der Waals surface area contributed by atoms with Crippen LogP contribution in [-0.2, 0) is 4.79 Å². The highest BCUT2D eigenvalue weighted by Gasteiger charge is 2.62. The van der Waals surface area contributed by atoms with Crippen LogP contribution in [0.2, 0.25) is 0 Å². The summed E-state index contributed by atoms with van der Waals surface area (Å²) >= 11 is 3.27. The van der Waals surface area contributed by atoms with Crippen LogP contribution in [0, 0.1) is 0 Å². The molecule has 1 atom stereocenters. The van der Waals surface area contributed by atoms with Gasteiger partial charge in [0.2, 0.25) is 6.10 Å². The first kappa shape index (κ1) is 15.3. The number of thioether (sulfide) groups is 2. The lowest BCUT2D eigenvalue weighted by Crippen LogP contribution is -2.73. The van der Waals surface area contributed by atoms with Gasteiger partial charge in [0, 0.05) is 5.69 Å². The maximum absolute atomic E-state index is 12.7. The second-order valence-corrected chi connectivity index (χ2v) is 7.18. The van der Waals surface area contributed by atoms with E-state index >= 15 is 0 Å². The minimum Gasteiger partial charge on any atom is -0.476 e. The molecule has 114 valence electrons. The summed E-state index contributed by atoms with van der Waals surface area (Å²) in [5.41, 5.74) is 0.907. The van der Waals surface area contributed by atoms with Gasteiger partial charge in [0.1, 0.15) is 5.75 Å². The van der Waals surface area contributed by atoms with Crippen molar-refractivity contribution in [2.24, 2.45) is 0 Å². The van der Waals surface area contributed by atoms with Crippen molar-refractivity contribution in [3.05, 3.63) is 60.7 Å². The van der Waals surface area contributed by atoms with E-state index in [-0.39, 0.29) is 5.91 Å². The number of nitrogens with zero attached hydrogens (tertiary/aromatic N) is 1. The Labute approximate surface area is 139 Å². The van der Waals surface area contributed by atoms with E-state index < -0.39 is 10.3 Å². The van der Waals surface area contributed by atoms with Crippen molar-refractivity contribution in [3.8, 4) is 5.75 Å². The maximum atomic E-state index is 12.7. The predicted octanol–water partition coefficient (Wildman–Crippen LogP) is 3.86. The van der Waals surface area contributed by atoms with Gasteiger partial charge in [-0.05, 0) is 36.8 Å². The molecule has 1 aliphatic heterocycles. The molecule has 0 unspecified atom stereocenters. The third-order valence-corrected chi connectivity index (χ3v) is 6.65. The van der Waals surface area contributed by atoms with E-state index in [0.717, 1.165) is 11.4 Å². The summed E-state index contributed by atoms with van der Waals surface area (Å²) in [5, 5.41) is 0. The van der Waals surface area contributed by atoms with Crippen LogP contribution >= 0.6 is 23.5 Å². The molecule has 0 N–H and O–H groups in total. The van der Waals surface area contributed by atoms with Crippen LogP contribution in [0.1, 0.15) is 0 Å². The molecular weight excluding hydrogens is 314 g/mol. The molecule has 0 spiro atoms. The molecule has 1 aliphatic rings. The Morgan fingerprint density at radius 2 is 1.50 bits per heavy atom. The van der Waals surface area contributed by atoms with Crippen LogP contribution in [0.5, 0.6) is 5.75 Å². The van der Waals surface area contributed by atoms with E-state index in [1.54, 1.807) is 23.5 Å². The van der Waals surface area contributed by atoms with E-state index in [1.165, 1.54) is 0 Å². The molecule has 0 saturated carbocycles. The Balaban J connectivity index is 1.91. The smallest absolute Gasteiger partial charge is 0.274 e. The molecule has 0 aromatic heterocycles. The fraction of sp³-hybridized carbons (Fsp3) is 0.235. The zero-order chi connectivity index (χ0) is 15.6. The number of amides is 1. The first-order valence-corrected chi connectivity index (χ1v) is 9.39. The van der Waals surface area contributed by atoms with Gasteiger partial charge in [0.05, 0.1) is 0 Å². The molecule has 1 fully saturated rings.